The number of thiophene rings is 1. The van der Waals surface area contributed by atoms with Gasteiger partial charge in [-0.05, 0) is 23.1 Å². The van der Waals surface area contributed by atoms with Crippen molar-refractivity contribution >= 4 is 39.0 Å². The maximum Gasteiger partial charge on any atom is 0.262 e. The van der Waals surface area contributed by atoms with Crippen LogP contribution in [0.2, 0.25) is 0 Å². The van der Waals surface area contributed by atoms with Gasteiger partial charge in [-0.2, -0.15) is 0 Å². The molecule has 2 heterocycles. The highest BCUT2D eigenvalue weighted by atomic mass is 32.1. The SMILES string of the molecule is O=C(N[C@@H](Cc1ccccc1)C(=O)NC1COCC1=O)c1cc2ccccc2s1. The molecule has 3 aromatic rings. The summed E-state index contributed by atoms with van der Waals surface area (Å²) in [6.07, 6.45) is 0.324. The van der Waals surface area contributed by atoms with Crippen molar-refractivity contribution in [3.05, 3.63) is 71.1 Å². The van der Waals surface area contributed by atoms with Crippen LogP contribution in [0.5, 0.6) is 0 Å². The van der Waals surface area contributed by atoms with E-state index in [2.05, 4.69) is 10.6 Å². The molecule has 0 saturated carbocycles. The zero-order valence-electron chi connectivity index (χ0n) is 15.6. The molecule has 0 spiro atoms. The molecule has 2 atom stereocenters. The third-order valence-corrected chi connectivity index (χ3v) is 5.90. The maximum absolute atomic E-state index is 12.9. The first kappa shape index (κ1) is 19.3. The van der Waals surface area contributed by atoms with Crippen LogP contribution < -0.4 is 10.6 Å². The summed E-state index contributed by atoms with van der Waals surface area (Å²) < 4.78 is 6.11. The molecule has 0 radical (unpaired) electrons. The van der Waals surface area contributed by atoms with Gasteiger partial charge in [0.25, 0.3) is 5.91 Å². The molecule has 1 saturated heterocycles. The molecule has 148 valence electrons. The van der Waals surface area contributed by atoms with Crippen LogP contribution in [-0.4, -0.2) is 42.9 Å². The highest BCUT2D eigenvalue weighted by molar-refractivity contribution is 7.20. The van der Waals surface area contributed by atoms with Crippen molar-refractivity contribution in [1.29, 1.82) is 0 Å². The number of Topliss-reactive ketones (excluding diaryl/α,β-unsaturated/α-hetero) is 1. The van der Waals surface area contributed by atoms with Gasteiger partial charge in [-0.25, -0.2) is 0 Å². The van der Waals surface area contributed by atoms with Crippen molar-refractivity contribution in [2.75, 3.05) is 13.2 Å². The van der Waals surface area contributed by atoms with Crippen molar-refractivity contribution in [2.24, 2.45) is 0 Å². The molecule has 1 aliphatic heterocycles. The summed E-state index contributed by atoms with van der Waals surface area (Å²) in [5, 5.41) is 6.53. The van der Waals surface area contributed by atoms with E-state index in [-0.39, 0.29) is 24.9 Å². The van der Waals surface area contributed by atoms with E-state index in [1.54, 1.807) is 0 Å². The summed E-state index contributed by atoms with van der Waals surface area (Å²) in [5.74, 6) is -0.865. The van der Waals surface area contributed by atoms with Crippen LogP contribution in [-0.2, 0) is 20.7 Å². The summed E-state index contributed by atoms with van der Waals surface area (Å²) in [6, 6.07) is 17.6. The average molecular weight is 408 g/mol. The fourth-order valence-corrected chi connectivity index (χ4v) is 4.21. The molecule has 1 fully saturated rings. The van der Waals surface area contributed by atoms with Crippen LogP contribution in [0.1, 0.15) is 15.2 Å². The van der Waals surface area contributed by atoms with Crippen molar-refractivity contribution in [3.8, 4) is 0 Å². The predicted octanol–water partition coefficient (Wildman–Crippen LogP) is 2.33. The number of hydrogen-bond donors (Lipinski definition) is 2. The van der Waals surface area contributed by atoms with Crippen LogP contribution in [0.15, 0.2) is 60.7 Å². The van der Waals surface area contributed by atoms with Gasteiger partial charge >= 0.3 is 0 Å². The fraction of sp³-hybridized carbons (Fsp3) is 0.227. The second kappa shape index (κ2) is 8.55. The molecule has 7 heteroatoms. The van der Waals surface area contributed by atoms with Gasteiger partial charge in [-0.1, -0.05) is 48.5 Å². The number of nitrogens with one attached hydrogen (secondary N) is 2. The minimum absolute atomic E-state index is 0.00242. The van der Waals surface area contributed by atoms with Crippen LogP contribution in [0, 0.1) is 0 Å². The molecule has 4 rings (SSSR count). The lowest BCUT2D eigenvalue weighted by Gasteiger charge is -2.20. The van der Waals surface area contributed by atoms with Crippen molar-refractivity contribution in [2.45, 2.75) is 18.5 Å². The van der Waals surface area contributed by atoms with Crippen molar-refractivity contribution < 1.29 is 19.1 Å². The Morgan fingerprint density at radius 3 is 2.59 bits per heavy atom. The Kier molecular flexibility index (Phi) is 5.69. The molecule has 2 aromatic carbocycles. The van der Waals surface area contributed by atoms with Gasteiger partial charge in [0, 0.05) is 11.1 Å². The van der Waals surface area contributed by atoms with Crippen LogP contribution in [0.3, 0.4) is 0 Å². The number of benzene rings is 2. The van der Waals surface area contributed by atoms with E-state index in [1.807, 2.05) is 60.7 Å². The third kappa shape index (κ3) is 4.52. The first-order valence-electron chi connectivity index (χ1n) is 9.34. The van der Waals surface area contributed by atoms with E-state index in [4.69, 9.17) is 4.74 Å². The highest BCUT2D eigenvalue weighted by Crippen LogP contribution is 2.25. The summed E-state index contributed by atoms with van der Waals surface area (Å²) in [5.41, 5.74) is 0.915. The molecule has 0 aliphatic carbocycles. The topological polar surface area (TPSA) is 84.5 Å². The quantitative estimate of drug-likeness (QED) is 0.656. The Morgan fingerprint density at radius 1 is 1.10 bits per heavy atom. The van der Waals surface area contributed by atoms with Crippen molar-refractivity contribution in [3.63, 3.8) is 0 Å². The molecule has 29 heavy (non-hydrogen) atoms. The number of amides is 2. The van der Waals surface area contributed by atoms with E-state index in [0.717, 1.165) is 15.6 Å². The lowest BCUT2D eigenvalue weighted by Crippen LogP contribution is -2.52. The summed E-state index contributed by atoms with van der Waals surface area (Å²) >= 11 is 1.38. The van der Waals surface area contributed by atoms with Gasteiger partial charge in [0.2, 0.25) is 5.91 Å². The summed E-state index contributed by atoms with van der Waals surface area (Å²) in [7, 11) is 0. The first-order chi connectivity index (χ1) is 14.1. The molecule has 1 aromatic heterocycles. The standard InChI is InChI=1S/C22H20N2O4S/c25-18-13-28-12-17(18)24-21(26)16(10-14-6-2-1-3-7-14)23-22(27)20-11-15-8-4-5-9-19(15)29-20/h1-9,11,16-17H,10,12-13H2,(H,23,27)(H,24,26)/t16-,17?/m0/s1. The Hall–Kier alpha value is -3.03. The number of rotatable bonds is 6. The van der Waals surface area contributed by atoms with Gasteiger partial charge in [0.05, 0.1) is 11.5 Å². The first-order valence-corrected chi connectivity index (χ1v) is 10.2. The molecule has 0 bridgehead atoms. The van der Waals surface area contributed by atoms with Crippen molar-refractivity contribution in [1.82, 2.24) is 10.6 Å². The Balaban J connectivity index is 1.52. The molecule has 1 unspecified atom stereocenters. The van der Waals surface area contributed by atoms with Gasteiger partial charge in [-0.15, -0.1) is 11.3 Å². The molecular formula is C22H20N2O4S. The predicted molar refractivity (Wildman–Crippen MR) is 111 cm³/mol. The largest absolute Gasteiger partial charge is 0.371 e. The van der Waals surface area contributed by atoms with Gasteiger partial charge in [-0.3, -0.25) is 14.4 Å². The van der Waals surface area contributed by atoms with Gasteiger partial charge < -0.3 is 15.4 Å². The smallest absolute Gasteiger partial charge is 0.262 e. The van der Waals surface area contributed by atoms with Crippen LogP contribution >= 0.6 is 11.3 Å². The lowest BCUT2D eigenvalue weighted by molar-refractivity contribution is -0.127. The molecular weight excluding hydrogens is 388 g/mol. The highest BCUT2D eigenvalue weighted by Gasteiger charge is 2.30. The lowest BCUT2D eigenvalue weighted by atomic mass is 10.0. The van der Waals surface area contributed by atoms with E-state index >= 15 is 0 Å². The fourth-order valence-electron chi connectivity index (χ4n) is 3.25. The monoisotopic (exact) mass is 408 g/mol. The Bertz CT molecular complexity index is 1010. The maximum atomic E-state index is 12.9. The molecule has 2 amide bonds. The number of ether oxygens (including phenoxy) is 1. The van der Waals surface area contributed by atoms with Crippen LogP contribution in [0.4, 0.5) is 0 Å². The van der Waals surface area contributed by atoms with Crippen LogP contribution in [0.25, 0.3) is 10.1 Å². The molecule has 2 N–H and O–H groups in total. The third-order valence-electron chi connectivity index (χ3n) is 4.79. The van der Waals surface area contributed by atoms with E-state index in [0.29, 0.717) is 11.3 Å². The normalized spacial score (nSPS) is 17.2. The second-order valence-corrected chi connectivity index (χ2v) is 7.99. The van der Waals surface area contributed by atoms with Gasteiger partial charge in [0.15, 0.2) is 5.78 Å². The number of hydrogen-bond acceptors (Lipinski definition) is 5. The number of carbonyl (C=O) groups is 3. The second-order valence-electron chi connectivity index (χ2n) is 6.91. The van der Waals surface area contributed by atoms with E-state index in [1.165, 1.54) is 11.3 Å². The number of fused-ring (bicyclic) bond motifs is 1. The summed E-state index contributed by atoms with van der Waals surface area (Å²) in [6.45, 7) is 0.162. The zero-order chi connectivity index (χ0) is 20.2. The zero-order valence-corrected chi connectivity index (χ0v) is 16.4. The molecule has 1 aliphatic rings. The minimum Gasteiger partial charge on any atom is -0.371 e. The number of ketones is 1. The number of carbonyl (C=O) groups excluding carboxylic acids is 3. The molecule has 6 nitrogen and oxygen atoms in total. The van der Waals surface area contributed by atoms with Gasteiger partial charge in [0.1, 0.15) is 18.7 Å². The Labute approximate surface area is 171 Å². The average Bonchev–Trinajstić information content (AvgIpc) is 3.34. The van der Waals surface area contributed by atoms with E-state index < -0.39 is 18.0 Å². The van der Waals surface area contributed by atoms with E-state index in [9.17, 15) is 14.4 Å². The Morgan fingerprint density at radius 2 is 1.86 bits per heavy atom. The summed E-state index contributed by atoms with van der Waals surface area (Å²) in [4.78, 5) is 38.1. The minimum atomic E-state index is -0.802.